The number of aliphatic hydroxyl groups excluding tert-OH is 3. The number of amides is 1. The predicted octanol–water partition coefficient (Wildman–Crippen LogP) is 10.9. The number of carbonyl (C=O) groups is 1. The van der Waals surface area contributed by atoms with E-state index in [1.54, 1.807) is 36.4 Å². The number of allylic oxidation sites excluding steroid dienone is 1. The first kappa shape index (κ1) is 56.1. The number of ether oxygens (including phenoxy) is 4. The van der Waals surface area contributed by atoms with Crippen molar-refractivity contribution in [3.8, 4) is 11.5 Å². The first-order chi connectivity index (χ1) is 35.2. The van der Waals surface area contributed by atoms with Crippen molar-refractivity contribution in [3.05, 3.63) is 124 Å². The fourth-order valence-electron chi connectivity index (χ4n) is 10.9. The predicted molar refractivity (Wildman–Crippen MR) is 275 cm³/mol. The molecule has 3 aliphatic rings. The minimum absolute atomic E-state index is 0.00102. The second-order valence-corrected chi connectivity index (χ2v) is 19.4. The van der Waals surface area contributed by atoms with Gasteiger partial charge in [-0.3, -0.25) is 14.9 Å². The number of nitro benzene ring substituents is 1. The van der Waals surface area contributed by atoms with Gasteiger partial charge in [0.1, 0.15) is 36.6 Å². The minimum atomic E-state index is -1.50. The lowest BCUT2D eigenvalue weighted by Crippen LogP contribution is -2.70. The van der Waals surface area contributed by atoms with Gasteiger partial charge in [0.15, 0.2) is 0 Å². The van der Waals surface area contributed by atoms with Crippen LogP contribution in [0.3, 0.4) is 0 Å². The zero-order valence-corrected chi connectivity index (χ0v) is 42.3. The highest BCUT2D eigenvalue weighted by molar-refractivity contribution is 6.03. The van der Waals surface area contributed by atoms with E-state index in [1.165, 1.54) is 50.3 Å². The van der Waals surface area contributed by atoms with Crippen molar-refractivity contribution in [2.45, 2.75) is 147 Å². The Hall–Kier alpha value is -5.19. The molecule has 1 aliphatic heterocycles. The van der Waals surface area contributed by atoms with E-state index in [4.69, 9.17) is 28.9 Å². The maximum atomic E-state index is 15.0. The molecule has 1 fully saturated rings. The van der Waals surface area contributed by atoms with E-state index in [2.05, 4.69) is 19.6 Å². The number of aliphatic hydroxyl groups is 3. The number of oxime groups is 1. The number of nitrogens with zero attached hydrogens (tertiary/aromatic N) is 3. The van der Waals surface area contributed by atoms with Crippen LogP contribution in [0.5, 0.6) is 11.5 Å². The fraction of sp³-hybridized carbons (Fsp3) is 0.579. The summed E-state index contributed by atoms with van der Waals surface area (Å²) in [6.45, 7) is 6.72. The van der Waals surface area contributed by atoms with Gasteiger partial charge in [-0.1, -0.05) is 107 Å². The lowest BCUT2D eigenvalue weighted by atomic mass is 9.55. The molecule has 72 heavy (non-hydrogen) atoms. The molecule has 3 aromatic carbocycles. The highest BCUT2D eigenvalue weighted by Gasteiger charge is 2.65. The second-order valence-electron chi connectivity index (χ2n) is 19.4. The van der Waals surface area contributed by atoms with Crippen molar-refractivity contribution in [1.82, 2.24) is 4.90 Å². The van der Waals surface area contributed by atoms with Gasteiger partial charge in [-0.15, -0.1) is 6.58 Å². The molecule has 6 rings (SSSR count). The first-order valence-electron chi connectivity index (χ1n) is 26.5. The summed E-state index contributed by atoms with van der Waals surface area (Å²) in [4.78, 5) is 34.1. The van der Waals surface area contributed by atoms with Crippen molar-refractivity contribution < 1.29 is 53.2 Å². The molecule has 1 heterocycles. The third kappa shape index (κ3) is 15.0. The van der Waals surface area contributed by atoms with Crippen molar-refractivity contribution in [3.63, 3.8) is 0 Å². The molecule has 0 unspecified atom stereocenters. The summed E-state index contributed by atoms with van der Waals surface area (Å²) >= 11 is 0. The number of benzene rings is 3. The summed E-state index contributed by atoms with van der Waals surface area (Å²) in [6.07, 6.45) is 18.5. The number of non-ortho nitro benzene ring substituents is 1. The van der Waals surface area contributed by atoms with Crippen molar-refractivity contribution in [2.75, 3.05) is 46.2 Å². The Labute approximate surface area is 425 Å². The van der Waals surface area contributed by atoms with Gasteiger partial charge in [0.25, 0.3) is 5.69 Å². The van der Waals surface area contributed by atoms with Crippen LogP contribution >= 0.6 is 0 Å². The Kier molecular flexibility index (Phi) is 23.0. The third-order valence-electron chi connectivity index (χ3n) is 14.5. The van der Waals surface area contributed by atoms with Crippen LogP contribution in [0.15, 0.2) is 96.2 Å². The number of nitro groups is 1. The summed E-state index contributed by atoms with van der Waals surface area (Å²) in [5.74, 6) is -1.84. The van der Waals surface area contributed by atoms with Gasteiger partial charge in [-0.05, 0) is 91.5 Å². The van der Waals surface area contributed by atoms with Crippen LogP contribution < -0.4 is 9.47 Å². The molecular weight excluding hydrogens is 922 g/mol. The van der Waals surface area contributed by atoms with Gasteiger partial charge in [-0.25, -0.2) is 4.39 Å². The lowest BCUT2D eigenvalue weighted by molar-refractivity contribution is -0.384. The second kappa shape index (κ2) is 29.5. The van der Waals surface area contributed by atoms with Crippen molar-refractivity contribution in [1.29, 1.82) is 0 Å². The summed E-state index contributed by atoms with van der Waals surface area (Å²) in [5, 5.41) is 46.1. The molecule has 0 saturated heterocycles. The summed E-state index contributed by atoms with van der Waals surface area (Å²) in [6, 6.07) is 17.5. The van der Waals surface area contributed by atoms with Gasteiger partial charge < -0.3 is 44.0 Å². The molecule has 2 aliphatic carbocycles. The molecular formula is C57H78FN3O11. The number of halogens is 1. The Morgan fingerprint density at radius 3 is 2.32 bits per heavy atom. The van der Waals surface area contributed by atoms with Crippen LogP contribution in [0.4, 0.5) is 10.1 Å². The van der Waals surface area contributed by atoms with Crippen LogP contribution in [0.25, 0.3) is 0 Å². The lowest BCUT2D eigenvalue weighted by Gasteiger charge is -2.60. The van der Waals surface area contributed by atoms with Gasteiger partial charge in [-0.2, -0.15) is 0 Å². The van der Waals surface area contributed by atoms with Crippen LogP contribution in [0, 0.1) is 33.7 Å². The number of unbranched alkanes of at least 4 members (excludes halogenated alkanes) is 10. The molecule has 15 heteroatoms. The van der Waals surface area contributed by atoms with Gasteiger partial charge in [0.2, 0.25) is 11.7 Å². The molecule has 0 bridgehead atoms. The van der Waals surface area contributed by atoms with Gasteiger partial charge in [0.05, 0.1) is 43.0 Å². The normalized spacial score (nSPS) is 21.5. The molecule has 14 nitrogen and oxygen atoms in total. The highest BCUT2D eigenvalue weighted by Crippen LogP contribution is 2.62. The van der Waals surface area contributed by atoms with E-state index in [1.807, 2.05) is 23.1 Å². The standard InChI is InChI=1S/C57H78FN3O11/c1-3-5-6-7-8-9-10-11-12-23-54(65)60(30-35-68-36-33-64)53-39-51(59-71-40-42-24-26-45(27-25-42)61(66)67)48-37-43(19-15-17-31-62)47(21-16-18-32-63)55-49-38-46(69-41-44-20-13-14-22-50(44)58)28-29-52(49)72-57(53,56(48)55)70-34-4-2/h4,13-14,20,22,24-29,37-38,43,47,53,55-56,62-64H,2-3,5-12,15-19,21,23,30-36,39-41H2,1H3/t43-,47+,53-,55+,56+,57+/m0/s1. The zero-order valence-electron chi connectivity index (χ0n) is 42.3. The van der Waals surface area contributed by atoms with E-state index in [-0.39, 0.29) is 101 Å². The fourth-order valence-corrected chi connectivity index (χ4v) is 10.9. The molecule has 1 amide bonds. The van der Waals surface area contributed by atoms with Gasteiger partial charge in [0, 0.05) is 61.8 Å². The van der Waals surface area contributed by atoms with E-state index < -0.39 is 22.7 Å². The Bertz CT molecular complexity index is 2220. The summed E-state index contributed by atoms with van der Waals surface area (Å²) < 4.78 is 41.6. The van der Waals surface area contributed by atoms with Crippen molar-refractivity contribution >= 4 is 17.3 Å². The first-order valence-corrected chi connectivity index (χ1v) is 26.5. The number of hydrogen-bond donors (Lipinski definition) is 3. The SMILES string of the molecule is C=CCO[C@@]12Oc3ccc(OCc4ccccc4F)cc3[C@H]3[C@H](CCCCO)[C@@H](CCCCO)C=C(C(=NOCc4ccc([N+](=O)[O-])cc4)C[C@@H]1N(CCOCCO)C(=O)CCCCCCCCCCC)[C@H]32. The zero-order chi connectivity index (χ0) is 51.1. The number of rotatable bonds is 34. The summed E-state index contributed by atoms with van der Waals surface area (Å²) in [5.41, 5.74) is 3.37. The van der Waals surface area contributed by atoms with E-state index in [0.717, 1.165) is 56.1 Å². The van der Waals surface area contributed by atoms with E-state index in [0.29, 0.717) is 54.0 Å². The van der Waals surface area contributed by atoms with Gasteiger partial charge >= 0.3 is 0 Å². The average Bonchev–Trinajstić information content (AvgIpc) is 3.38. The number of carbonyl (C=O) groups excluding carboxylic acids is 1. The summed E-state index contributed by atoms with van der Waals surface area (Å²) in [7, 11) is 0. The Morgan fingerprint density at radius 1 is 0.903 bits per heavy atom. The largest absolute Gasteiger partial charge is 0.489 e. The quantitative estimate of drug-likeness (QED) is 0.0224. The molecule has 3 N–H and O–H groups in total. The van der Waals surface area contributed by atoms with Crippen LogP contribution in [0.2, 0.25) is 0 Å². The maximum absolute atomic E-state index is 15.0. The molecule has 394 valence electrons. The third-order valence-corrected chi connectivity index (χ3v) is 14.5. The average molecular weight is 1000 g/mol. The number of fused-ring (bicyclic) bond motifs is 2. The molecule has 0 aromatic heterocycles. The smallest absolute Gasteiger partial charge is 0.269 e. The van der Waals surface area contributed by atoms with Crippen LogP contribution in [0.1, 0.15) is 139 Å². The topological polar surface area (TPSA) is 183 Å². The Morgan fingerprint density at radius 2 is 1.62 bits per heavy atom. The maximum Gasteiger partial charge on any atom is 0.269 e. The molecule has 6 atom stereocenters. The molecule has 0 spiro atoms. The molecule has 0 radical (unpaired) electrons. The van der Waals surface area contributed by atoms with E-state index in [9.17, 15) is 29.8 Å². The minimum Gasteiger partial charge on any atom is -0.489 e. The molecule has 1 saturated carbocycles. The van der Waals surface area contributed by atoms with E-state index >= 15 is 4.79 Å². The highest BCUT2D eigenvalue weighted by atomic mass is 19.1. The number of hydrogen-bond acceptors (Lipinski definition) is 12. The monoisotopic (exact) mass is 1000 g/mol. The molecule has 3 aromatic rings. The van der Waals surface area contributed by atoms with Crippen LogP contribution in [-0.2, 0) is 32.3 Å². The Balaban J connectivity index is 1.49. The van der Waals surface area contributed by atoms with Crippen LogP contribution in [-0.4, -0.2) is 94.8 Å². The van der Waals surface area contributed by atoms with Crippen molar-refractivity contribution in [2.24, 2.45) is 22.9 Å².